The lowest BCUT2D eigenvalue weighted by Gasteiger charge is -2.15. The van der Waals surface area contributed by atoms with Crippen molar-refractivity contribution < 1.29 is 42.1 Å². The summed E-state index contributed by atoms with van der Waals surface area (Å²) in [5, 5.41) is 42.0. The molecule has 0 bridgehead atoms. The number of aromatic hydroxyl groups is 2. The number of rotatable bonds is 11. The van der Waals surface area contributed by atoms with Gasteiger partial charge >= 0.3 is 5.97 Å². The molecule has 11 nitrogen and oxygen atoms in total. The summed E-state index contributed by atoms with van der Waals surface area (Å²) < 4.78 is 50.7. The van der Waals surface area contributed by atoms with Crippen molar-refractivity contribution in [2.75, 3.05) is 24.1 Å². The van der Waals surface area contributed by atoms with E-state index in [0.29, 0.717) is 18.5 Å². The molecule has 0 heterocycles. The van der Waals surface area contributed by atoms with Crippen LogP contribution in [0.1, 0.15) is 27.6 Å². The fourth-order valence-electron chi connectivity index (χ4n) is 3.46. The van der Waals surface area contributed by atoms with Crippen molar-refractivity contribution in [2.45, 2.75) is 22.3 Å². The van der Waals surface area contributed by atoms with Crippen LogP contribution in [-0.2, 0) is 26.3 Å². The molecule has 3 aromatic rings. The summed E-state index contributed by atoms with van der Waals surface area (Å²) in [7, 11) is -7.61. The van der Waals surface area contributed by atoms with E-state index in [9.17, 15) is 36.9 Å². The van der Waals surface area contributed by atoms with Crippen molar-refractivity contribution in [3.05, 3.63) is 77.4 Å². The zero-order chi connectivity index (χ0) is 27.4. The first-order chi connectivity index (χ1) is 17.3. The molecular weight excluding hydrogens is 524 g/mol. The van der Waals surface area contributed by atoms with E-state index in [1.807, 2.05) is 0 Å². The number of anilines is 1. The van der Waals surface area contributed by atoms with Crippen LogP contribution in [-0.4, -0.2) is 62.6 Å². The van der Waals surface area contributed by atoms with Crippen molar-refractivity contribution in [1.82, 2.24) is 5.32 Å². The molecule has 198 valence electrons. The van der Waals surface area contributed by atoms with Crippen molar-refractivity contribution >= 4 is 31.5 Å². The molecule has 0 radical (unpaired) electrons. The topological polar surface area (TPSA) is 190 Å². The maximum Gasteiger partial charge on any atom is 0.339 e. The van der Waals surface area contributed by atoms with Gasteiger partial charge in [-0.05, 0) is 66.6 Å². The van der Waals surface area contributed by atoms with E-state index in [1.165, 1.54) is 30.3 Å². The predicted octanol–water partition coefficient (Wildman–Crippen LogP) is 1.87. The Labute approximate surface area is 214 Å². The Balaban J connectivity index is 1.59. The summed E-state index contributed by atoms with van der Waals surface area (Å²) in [6.07, 6.45) is 0.474. The van der Waals surface area contributed by atoms with Crippen LogP contribution >= 0.6 is 0 Å². The minimum absolute atomic E-state index is 0.0347. The highest BCUT2D eigenvalue weighted by Gasteiger charge is 2.21. The zero-order valence-electron chi connectivity index (χ0n) is 19.6. The minimum atomic E-state index is -4.00. The Bertz CT molecular complexity index is 1500. The minimum Gasteiger partial charge on any atom is -0.507 e. The van der Waals surface area contributed by atoms with Crippen LogP contribution in [0.25, 0.3) is 0 Å². The predicted molar refractivity (Wildman–Crippen MR) is 135 cm³/mol. The molecule has 37 heavy (non-hydrogen) atoms. The van der Waals surface area contributed by atoms with Gasteiger partial charge in [0.05, 0.1) is 27.8 Å². The first-order valence-corrected chi connectivity index (χ1v) is 14.3. The first-order valence-electron chi connectivity index (χ1n) is 10.9. The fourth-order valence-corrected chi connectivity index (χ4v) is 5.31. The van der Waals surface area contributed by atoms with E-state index in [1.54, 1.807) is 12.1 Å². The first kappa shape index (κ1) is 27.9. The molecule has 0 aliphatic heterocycles. The number of aromatic carboxylic acids is 1. The molecular formula is C24H26N2O9S2. The van der Waals surface area contributed by atoms with Gasteiger partial charge in [0.15, 0.2) is 0 Å². The number of nitrogens with one attached hydrogen (secondary N) is 2. The van der Waals surface area contributed by atoms with Gasteiger partial charge in [-0.3, -0.25) is 4.72 Å². The highest BCUT2D eigenvalue weighted by atomic mass is 32.2. The molecule has 0 unspecified atom stereocenters. The van der Waals surface area contributed by atoms with Gasteiger partial charge in [0.2, 0.25) is 19.9 Å². The molecule has 6 N–H and O–H groups in total. The number of sulfone groups is 1. The number of phenols is 2. The van der Waals surface area contributed by atoms with Crippen molar-refractivity contribution in [1.29, 1.82) is 0 Å². The molecule has 0 aromatic heterocycles. The molecule has 0 amide bonds. The van der Waals surface area contributed by atoms with Gasteiger partial charge in [0.25, 0.3) is 0 Å². The van der Waals surface area contributed by atoms with Crippen LogP contribution < -0.4 is 10.0 Å². The van der Waals surface area contributed by atoms with Crippen LogP contribution in [0, 0.1) is 0 Å². The number of carboxylic acid groups (broad SMARTS) is 1. The molecule has 0 spiro atoms. The van der Waals surface area contributed by atoms with Gasteiger partial charge in [0.1, 0.15) is 17.1 Å². The number of phenolic OH excluding ortho intramolecular Hbond substituents is 1. The van der Waals surface area contributed by atoms with E-state index in [0.717, 1.165) is 30.0 Å². The third kappa shape index (κ3) is 7.20. The maximum atomic E-state index is 12.9. The second kappa shape index (κ2) is 11.2. The van der Waals surface area contributed by atoms with Crippen molar-refractivity contribution in [3.8, 4) is 11.5 Å². The van der Waals surface area contributed by atoms with Gasteiger partial charge in [-0.15, -0.1) is 0 Å². The van der Waals surface area contributed by atoms with E-state index >= 15 is 0 Å². The molecule has 13 heteroatoms. The molecule has 3 rings (SSSR count). The number of hydrogen-bond donors (Lipinski definition) is 6. The summed E-state index contributed by atoms with van der Waals surface area (Å²) in [4.78, 5) is 10.9. The summed E-state index contributed by atoms with van der Waals surface area (Å²) in [5.41, 5.74) is 0.648. The van der Waals surface area contributed by atoms with Gasteiger partial charge < -0.3 is 25.7 Å². The number of aliphatic hydroxyl groups excluding tert-OH is 1. The Morgan fingerprint density at radius 3 is 2.14 bits per heavy atom. The van der Waals surface area contributed by atoms with Gasteiger partial charge in [-0.25, -0.2) is 21.6 Å². The van der Waals surface area contributed by atoms with Crippen LogP contribution in [0.2, 0.25) is 0 Å². The lowest BCUT2D eigenvalue weighted by Crippen LogP contribution is -2.24. The Morgan fingerprint density at radius 2 is 1.51 bits per heavy atom. The van der Waals surface area contributed by atoms with Gasteiger partial charge in [-0.1, -0.05) is 18.2 Å². The second-order valence-electron chi connectivity index (χ2n) is 8.25. The largest absolute Gasteiger partial charge is 0.507 e. The maximum absolute atomic E-state index is 12.9. The molecule has 0 aliphatic rings. The monoisotopic (exact) mass is 550 g/mol. The lowest BCUT2D eigenvalue weighted by atomic mass is 10.1. The van der Waals surface area contributed by atoms with Gasteiger partial charge in [-0.2, -0.15) is 0 Å². The normalized spacial score (nSPS) is 12.7. The molecule has 0 saturated heterocycles. The second-order valence-corrected chi connectivity index (χ2v) is 12.0. The summed E-state index contributed by atoms with van der Waals surface area (Å²) in [5.74, 6) is -2.25. The summed E-state index contributed by atoms with van der Waals surface area (Å²) in [6, 6.07) is 13.2. The third-order valence-corrected chi connectivity index (χ3v) is 7.73. The van der Waals surface area contributed by atoms with Crippen LogP contribution in [0.4, 0.5) is 5.69 Å². The number of carbonyl (C=O) groups is 1. The number of benzene rings is 3. The number of sulfonamides is 1. The van der Waals surface area contributed by atoms with E-state index in [2.05, 4.69) is 10.0 Å². The Kier molecular flexibility index (Phi) is 8.43. The molecule has 1 atom stereocenters. The van der Waals surface area contributed by atoms with Crippen LogP contribution in [0.5, 0.6) is 11.5 Å². The third-order valence-electron chi connectivity index (χ3n) is 5.37. The van der Waals surface area contributed by atoms with Gasteiger partial charge in [0, 0.05) is 6.54 Å². The number of hydrogen-bond acceptors (Lipinski definition) is 9. The highest BCUT2D eigenvalue weighted by Crippen LogP contribution is 2.28. The standard InChI is InChI=1S/C24H26N2O9S2/c1-36(32,33)26-20-12-16(4-8-22(20)28)23(29)14-25-11-10-15-2-5-17(6-3-15)37(34,35)18-7-9-21(27)19(13-18)24(30)31/h2-9,12-13,23,25-29H,10-11,14H2,1H3,(H,30,31)/t23-/m1/s1. The molecule has 0 aliphatic carbocycles. The van der Waals surface area contributed by atoms with Crippen molar-refractivity contribution in [2.24, 2.45) is 0 Å². The zero-order valence-corrected chi connectivity index (χ0v) is 21.3. The van der Waals surface area contributed by atoms with Crippen molar-refractivity contribution in [3.63, 3.8) is 0 Å². The van der Waals surface area contributed by atoms with E-state index in [4.69, 9.17) is 5.11 Å². The van der Waals surface area contributed by atoms with Crippen LogP contribution in [0.15, 0.2) is 70.5 Å². The van der Waals surface area contributed by atoms with E-state index < -0.39 is 43.2 Å². The number of aliphatic hydroxyl groups is 1. The average Bonchev–Trinajstić information content (AvgIpc) is 2.82. The highest BCUT2D eigenvalue weighted by molar-refractivity contribution is 7.92. The molecule has 0 fully saturated rings. The average molecular weight is 551 g/mol. The van der Waals surface area contributed by atoms with Crippen LogP contribution in [0.3, 0.4) is 0 Å². The lowest BCUT2D eigenvalue weighted by molar-refractivity contribution is 0.0693. The quantitative estimate of drug-likeness (QED) is 0.152. The SMILES string of the molecule is CS(=O)(=O)Nc1cc([C@H](O)CNCCc2ccc(S(=O)(=O)c3ccc(O)c(C(=O)O)c3)cc2)ccc1O. The Morgan fingerprint density at radius 1 is 0.892 bits per heavy atom. The fraction of sp³-hybridized carbons (Fsp3) is 0.208. The Hall–Kier alpha value is -3.65. The molecule has 0 saturated carbocycles. The smallest absolute Gasteiger partial charge is 0.339 e. The summed E-state index contributed by atoms with van der Waals surface area (Å²) in [6.45, 7) is 0.581. The molecule has 3 aromatic carbocycles. The van der Waals surface area contributed by atoms with E-state index in [-0.39, 0.29) is 27.8 Å². The number of carboxylic acids is 1. The summed E-state index contributed by atoms with van der Waals surface area (Å²) >= 11 is 0.